The number of hydrogen-bond acceptors (Lipinski definition) is 8. The van der Waals surface area contributed by atoms with E-state index in [1.54, 1.807) is 0 Å². The number of carbonyl (C=O) groups is 4. The highest BCUT2D eigenvalue weighted by atomic mass is 16.5. The molecule has 2 aromatic carbocycles. The minimum atomic E-state index is -0.681. The lowest BCUT2D eigenvalue weighted by Gasteiger charge is -2.31. The summed E-state index contributed by atoms with van der Waals surface area (Å²) < 4.78 is 9.65. The number of nitrogens with zero attached hydrogens (tertiary/aromatic N) is 4. The van der Waals surface area contributed by atoms with Gasteiger partial charge in [-0.15, -0.1) is 0 Å². The predicted octanol–water partition coefficient (Wildman–Crippen LogP) is 6.71. The number of methoxy groups -OCH3 is 2. The van der Waals surface area contributed by atoms with Gasteiger partial charge >= 0.3 is 12.2 Å². The number of nitrogens with one attached hydrogen (secondary N) is 4. The van der Waals surface area contributed by atoms with Gasteiger partial charge in [0, 0.05) is 17.6 Å². The highest BCUT2D eigenvalue weighted by Crippen LogP contribution is 2.54. The Balaban J connectivity index is 0.939. The third-order valence-electron chi connectivity index (χ3n) is 13.4. The van der Waals surface area contributed by atoms with Gasteiger partial charge in [0.25, 0.3) is 0 Å². The van der Waals surface area contributed by atoms with Crippen LogP contribution in [0.25, 0.3) is 33.6 Å². The van der Waals surface area contributed by atoms with Crippen molar-refractivity contribution in [2.24, 2.45) is 23.7 Å². The minimum Gasteiger partial charge on any atom is -0.453 e. The summed E-state index contributed by atoms with van der Waals surface area (Å²) in [6.07, 6.45) is 9.30. The minimum absolute atomic E-state index is 0.0928. The molecule has 8 atom stereocenters. The van der Waals surface area contributed by atoms with E-state index in [1.807, 2.05) is 49.9 Å². The molecule has 59 heavy (non-hydrogen) atoms. The molecule has 14 heteroatoms. The van der Waals surface area contributed by atoms with Crippen molar-refractivity contribution in [3.05, 3.63) is 71.6 Å². The van der Waals surface area contributed by atoms with E-state index >= 15 is 0 Å². The number of alkyl carbamates (subject to hydrolysis) is 2. The van der Waals surface area contributed by atoms with Crippen molar-refractivity contribution in [2.45, 2.75) is 109 Å². The van der Waals surface area contributed by atoms with Crippen molar-refractivity contribution >= 4 is 24.0 Å². The number of carbonyl (C=O) groups excluding carboxylic acids is 4. The summed E-state index contributed by atoms with van der Waals surface area (Å²) in [4.78, 5) is 72.7. The second-order valence-corrected chi connectivity index (χ2v) is 17.8. The molecule has 0 spiro atoms. The Hall–Kier alpha value is -5.66. The number of rotatable bonds is 11. The summed E-state index contributed by atoms with van der Waals surface area (Å²) in [7, 11) is 2.62. The second-order valence-electron chi connectivity index (χ2n) is 17.8. The number of benzene rings is 2. The summed E-state index contributed by atoms with van der Waals surface area (Å²) in [5.41, 5.74) is 8.91. The van der Waals surface area contributed by atoms with Crippen LogP contribution in [0.15, 0.2) is 48.8 Å². The Morgan fingerprint density at radius 2 is 1.17 bits per heavy atom. The van der Waals surface area contributed by atoms with Gasteiger partial charge in [0.15, 0.2) is 0 Å². The van der Waals surface area contributed by atoms with Crippen LogP contribution in [0.2, 0.25) is 0 Å². The Morgan fingerprint density at radius 1 is 0.678 bits per heavy atom. The summed E-state index contributed by atoms with van der Waals surface area (Å²) in [6.45, 7) is 7.71. The molecule has 9 rings (SSSR count). The number of amides is 4. The summed E-state index contributed by atoms with van der Waals surface area (Å²) in [6, 6.07) is 11.7. The number of likely N-dealkylation sites (tertiary alicyclic amines) is 2. The maximum atomic E-state index is 14.0. The number of piperidine rings is 2. The molecule has 2 aromatic heterocycles. The number of hydrogen-bond donors (Lipinski definition) is 4. The molecule has 0 bridgehead atoms. The first-order valence-electron chi connectivity index (χ1n) is 21.1. The number of aryl methyl sites for hydroxylation is 1. The van der Waals surface area contributed by atoms with E-state index in [0.717, 1.165) is 84.7 Å². The van der Waals surface area contributed by atoms with Gasteiger partial charge in [-0.05, 0) is 109 Å². The molecular weight excluding hydrogens is 749 g/mol. The number of aromatic nitrogens is 4. The van der Waals surface area contributed by atoms with Gasteiger partial charge in [0.1, 0.15) is 23.7 Å². The Bertz CT molecular complexity index is 2280. The fraction of sp³-hybridized carbons (Fsp3) is 0.511. The highest BCUT2D eigenvalue weighted by Gasteiger charge is 2.57. The molecule has 2 saturated heterocycles. The van der Waals surface area contributed by atoms with E-state index in [-0.39, 0.29) is 47.8 Å². The summed E-state index contributed by atoms with van der Waals surface area (Å²) >= 11 is 0. The Morgan fingerprint density at radius 3 is 1.66 bits per heavy atom. The van der Waals surface area contributed by atoms with Crippen molar-refractivity contribution in [3.8, 4) is 33.6 Å². The first-order chi connectivity index (χ1) is 28.4. The average molecular weight is 803 g/mol. The molecule has 4 heterocycles. The molecule has 310 valence electrons. The molecule has 4 amide bonds. The molecule has 14 nitrogen and oxygen atoms in total. The lowest BCUT2D eigenvalue weighted by Crippen LogP contribution is -2.52. The van der Waals surface area contributed by atoms with E-state index in [1.165, 1.54) is 30.9 Å². The number of ether oxygens (including phenoxy) is 2. The average Bonchev–Trinajstić information content (AvgIpc) is 3.71. The quantitative estimate of drug-likeness (QED) is 0.130. The second kappa shape index (κ2) is 15.2. The zero-order valence-electron chi connectivity index (χ0n) is 34.6. The molecule has 4 fully saturated rings. The standard InChI is InChI=1S/C45H54N8O6/c1-22(2)38(50-44(56)58-5)42(54)52-34-16-28(34)18-36(52)40-46-20-32(48-40)25-12-10-24(11-13-25)31-15-27(14-26-8-7-9-30(26)31)33-21-47-41(49-33)37-19-29-17-35(29)53(37)43(55)39(23(3)4)51-45(57)59-6/h10-15,20-23,28-29,34-39H,7-9,16-19H2,1-6H3,(H,46,48)(H,47,49)(H,50,56)(H,51,57)/t28-,29-,34-,35-,36+,37+,38+,39+/m1/s1. The number of fused-ring (bicyclic) bond motifs is 3. The molecule has 0 radical (unpaired) electrons. The van der Waals surface area contributed by atoms with Crippen LogP contribution < -0.4 is 10.6 Å². The van der Waals surface area contributed by atoms with Gasteiger partial charge in [0.2, 0.25) is 11.8 Å². The smallest absolute Gasteiger partial charge is 0.407 e. The van der Waals surface area contributed by atoms with Gasteiger partial charge in [-0.25, -0.2) is 19.6 Å². The van der Waals surface area contributed by atoms with Crippen molar-refractivity contribution < 1.29 is 28.7 Å². The van der Waals surface area contributed by atoms with Crippen LogP contribution in [-0.4, -0.2) is 92.1 Å². The topological polar surface area (TPSA) is 175 Å². The van der Waals surface area contributed by atoms with Crippen LogP contribution in [0, 0.1) is 23.7 Å². The third-order valence-corrected chi connectivity index (χ3v) is 13.4. The monoisotopic (exact) mass is 802 g/mol. The van der Waals surface area contributed by atoms with Gasteiger partial charge in [-0.3, -0.25) is 9.59 Å². The van der Waals surface area contributed by atoms with E-state index < -0.39 is 24.3 Å². The maximum Gasteiger partial charge on any atom is 0.407 e. The van der Waals surface area contributed by atoms with Crippen molar-refractivity contribution in [3.63, 3.8) is 0 Å². The van der Waals surface area contributed by atoms with E-state index in [4.69, 9.17) is 19.4 Å². The van der Waals surface area contributed by atoms with Gasteiger partial charge in [-0.1, -0.05) is 52.0 Å². The van der Waals surface area contributed by atoms with Crippen LogP contribution in [0.5, 0.6) is 0 Å². The summed E-state index contributed by atoms with van der Waals surface area (Å²) in [5, 5.41) is 5.51. The zero-order valence-corrected chi connectivity index (χ0v) is 34.6. The molecule has 4 N–H and O–H groups in total. The van der Waals surface area contributed by atoms with Crippen molar-refractivity contribution in [1.82, 2.24) is 40.4 Å². The Labute approximate surface area is 344 Å². The predicted molar refractivity (Wildman–Crippen MR) is 220 cm³/mol. The fourth-order valence-corrected chi connectivity index (χ4v) is 10.0. The first-order valence-corrected chi connectivity index (χ1v) is 21.1. The van der Waals surface area contributed by atoms with Crippen molar-refractivity contribution in [2.75, 3.05) is 14.2 Å². The summed E-state index contributed by atoms with van der Waals surface area (Å²) in [5.74, 6) is 2.02. The largest absolute Gasteiger partial charge is 0.453 e. The van der Waals surface area contributed by atoms with Crippen LogP contribution in [-0.2, 0) is 31.9 Å². The molecule has 4 aromatic rings. The Kier molecular flexibility index (Phi) is 9.99. The number of imidazole rings is 2. The van der Waals surface area contributed by atoms with Crippen LogP contribution in [0.1, 0.15) is 94.7 Å². The van der Waals surface area contributed by atoms with Gasteiger partial charge in [-0.2, -0.15) is 0 Å². The molecule has 0 unspecified atom stereocenters. The van der Waals surface area contributed by atoms with Crippen LogP contribution in [0.3, 0.4) is 0 Å². The van der Waals surface area contributed by atoms with E-state index in [2.05, 4.69) is 57.0 Å². The number of H-pyrrole nitrogens is 2. The van der Waals surface area contributed by atoms with E-state index in [9.17, 15) is 19.2 Å². The van der Waals surface area contributed by atoms with Gasteiger partial charge in [0.05, 0.1) is 50.1 Å². The van der Waals surface area contributed by atoms with Gasteiger partial charge < -0.3 is 39.9 Å². The molecule has 2 saturated carbocycles. The molecule has 2 aliphatic heterocycles. The van der Waals surface area contributed by atoms with E-state index in [0.29, 0.717) is 11.8 Å². The maximum absolute atomic E-state index is 14.0. The lowest BCUT2D eigenvalue weighted by molar-refractivity contribution is -0.137. The van der Waals surface area contributed by atoms with Crippen LogP contribution >= 0.6 is 0 Å². The fourth-order valence-electron chi connectivity index (χ4n) is 10.0. The third kappa shape index (κ3) is 7.14. The molecular formula is C45H54N8O6. The van der Waals surface area contributed by atoms with Crippen LogP contribution in [0.4, 0.5) is 9.59 Å². The SMILES string of the molecule is COC(=O)N[C@H](C(=O)N1[C@@H]2C[C@@H]2C[C@H]1c1ncc(-c2ccc(-c3cc(-c4cnc([C@@H]5C[C@H]6C[C@H]6N5C(=O)[C@@H](NC(=O)OC)C(C)C)[nH]4)cc4c3CCC4)cc2)[nH]1)C(C)C. The molecule has 3 aliphatic carbocycles. The van der Waals surface area contributed by atoms with Crippen molar-refractivity contribution in [1.29, 1.82) is 0 Å². The molecule has 5 aliphatic rings. The first kappa shape index (κ1) is 38.8. The highest BCUT2D eigenvalue weighted by molar-refractivity contribution is 5.88. The normalized spacial score (nSPS) is 24.7. The number of aromatic amines is 2. The lowest BCUT2D eigenvalue weighted by atomic mass is 9.93. The zero-order chi connectivity index (χ0) is 41.3.